The normalized spacial score (nSPS) is 13.5. The van der Waals surface area contributed by atoms with E-state index >= 15 is 0 Å². The van der Waals surface area contributed by atoms with Gasteiger partial charge in [0.2, 0.25) is 0 Å². The van der Waals surface area contributed by atoms with Crippen LogP contribution in [0.3, 0.4) is 0 Å². The highest BCUT2D eigenvalue weighted by Gasteiger charge is 2.13. The smallest absolute Gasteiger partial charge is 0.162 e. The molecule has 3 rings (SSSR count). The molecule has 1 N–H and O–H groups in total. The summed E-state index contributed by atoms with van der Waals surface area (Å²) in [4.78, 5) is 4.65. The van der Waals surface area contributed by atoms with Crippen LogP contribution >= 0.6 is 11.3 Å². The van der Waals surface area contributed by atoms with Crippen LogP contribution in [0.5, 0.6) is 11.5 Å². The molecule has 0 spiro atoms. The minimum absolute atomic E-state index is 0.612. The summed E-state index contributed by atoms with van der Waals surface area (Å²) >= 11 is 1.70. The van der Waals surface area contributed by atoms with E-state index in [4.69, 9.17) is 9.47 Å². The Balaban J connectivity index is 1.83. The first-order valence-electron chi connectivity index (χ1n) is 6.36. The van der Waals surface area contributed by atoms with Gasteiger partial charge in [-0.2, -0.15) is 0 Å². The molecule has 5 heteroatoms. The fourth-order valence-corrected chi connectivity index (χ4v) is 2.80. The third-order valence-corrected chi connectivity index (χ3v) is 3.89. The molecule has 2 aromatic rings. The van der Waals surface area contributed by atoms with Crippen molar-refractivity contribution in [2.45, 2.75) is 6.42 Å². The second kappa shape index (κ2) is 5.59. The largest absolute Gasteiger partial charge is 0.486 e. The van der Waals surface area contributed by atoms with E-state index in [0.717, 1.165) is 40.7 Å². The van der Waals surface area contributed by atoms with E-state index in [1.807, 2.05) is 25.2 Å². The van der Waals surface area contributed by atoms with Crippen LogP contribution in [0.1, 0.15) is 5.01 Å². The van der Waals surface area contributed by atoms with Gasteiger partial charge in [-0.25, -0.2) is 4.98 Å². The Kier molecular flexibility index (Phi) is 3.66. The maximum absolute atomic E-state index is 5.60. The van der Waals surface area contributed by atoms with Gasteiger partial charge in [0.05, 0.1) is 10.7 Å². The van der Waals surface area contributed by atoms with Gasteiger partial charge >= 0.3 is 0 Å². The Morgan fingerprint density at radius 1 is 1.26 bits per heavy atom. The molecule has 0 amide bonds. The predicted octanol–water partition coefficient (Wildman–Crippen LogP) is 2.34. The quantitative estimate of drug-likeness (QED) is 0.931. The maximum Gasteiger partial charge on any atom is 0.162 e. The number of hydrogen-bond donors (Lipinski definition) is 1. The highest BCUT2D eigenvalue weighted by Crippen LogP contribution is 2.34. The second-order valence-corrected chi connectivity index (χ2v) is 5.28. The zero-order valence-electron chi connectivity index (χ0n) is 10.8. The van der Waals surface area contributed by atoms with Gasteiger partial charge in [-0.3, -0.25) is 0 Å². The molecule has 0 fully saturated rings. The SMILES string of the molecule is CNCCc1nc(-c2ccc3c(c2)OCCO3)cs1. The number of likely N-dealkylation sites (N-methyl/N-ethyl adjacent to an activating group) is 1. The Morgan fingerprint density at radius 2 is 2.11 bits per heavy atom. The van der Waals surface area contributed by atoms with Crippen LogP contribution < -0.4 is 14.8 Å². The molecular formula is C14H16N2O2S. The van der Waals surface area contributed by atoms with Gasteiger partial charge in [-0.1, -0.05) is 0 Å². The molecule has 0 atom stereocenters. The molecule has 0 radical (unpaired) electrons. The molecule has 0 bridgehead atoms. The van der Waals surface area contributed by atoms with Crippen LogP contribution in [0.25, 0.3) is 11.3 Å². The molecule has 100 valence electrons. The lowest BCUT2D eigenvalue weighted by atomic mass is 10.1. The highest BCUT2D eigenvalue weighted by molar-refractivity contribution is 7.09. The minimum Gasteiger partial charge on any atom is -0.486 e. The van der Waals surface area contributed by atoms with Crippen LogP contribution in [-0.4, -0.2) is 31.8 Å². The predicted molar refractivity (Wildman–Crippen MR) is 76.2 cm³/mol. The molecule has 19 heavy (non-hydrogen) atoms. The molecule has 0 saturated heterocycles. The van der Waals surface area contributed by atoms with Crippen molar-refractivity contribution in [1.82, 2.24) is 10.3 Å². The number of benzene rings is 1. The monoisotopic (exact) mass is 276 g/mol. The fourth-order valence-electron chi connectivity index (χ4n) is 1.99. The van der Waals surface area contributed by atoms with E-state index in [1.165, 1.54) is 0 Å². The average molecular weight is 276 g/mol. The third-order valence-electron chi connectivity index (χ3n) is 2.98. The molecule has 1 aliphatic heterocycles. The standard InChI is InChI=1S/C14H16N2O2S/c1-15-5-4-14-16-11(9-19-14)10-2-3-12-13(8-10)18-7-6-17-12/h2-3,8-9,15H,4-7H2,1H3. The lowest BCUT2D eigenvalue weighted by Crippen LogP contribution is -2.15. The summed E-state index contributed by atoms with van der Waals surface area (Å²) in [6.45, 7) is 2.19. The Labute approximate surface area is 116 Å². The van der Waals surface area contributed by atoms with Crippen molar-refractivity contribution in [3.05, 3.63) is 28.6 Å². The van der Waals surface area contributed by atoms with Gasteiger partial charge in [-0.15, -0.1) is 11.3 Å². The number of ether oxygens (including phenoxy) is 2. The summed E-state index contributed by atoms with van der Waals surface area (Å²) in [6, 6.07) is 5.99. The Morgan fingerprint density at radius 3 is 2.95 bits per heavy atom. The maximum atomic E-state index is 5.60. The summed E-state index contributed by atoms with van der Waals surface area (Å²) < 4.78 is 11.1. The number of aromatic nitrogens is 1. The second-order valence-electron chi connectivity index (χ2n) is 4.34. The van der Waals surface area contributed by atoms with Crippen LogP contribution in [-0.2, 0) is 6.42 Å². The number of rotatable bonds is 4. The Hall–Kier alpha value is -1.59. The van der Waals surface area contributed by atoms with Crippen molar-refractivity contribution < 1.29 is 9.47 Å². The first kappa shape index (κ1) is 12.4. The van der Waals surface area contributed by atoms with Gasteiger partial charge < -0.3 is 14.8 Å². The van der Waals surface area contributed by atoms with Gasteiger partial charge in [0.25, 0.3) is 0 Å². The van der Waals surface area contributed by atoms with E-state index in [2.05, 4.69) is 15.7 Å². The van der Waals surface area contributed by atoms with Gasteiger partial charge in [-0.05, 0) is 25.2 Å². The van der Waals surface area contributed by atoms with E-state index in [0.29, 0.717) is 13.2 Å². The molecular weight excluding hydrogens is 260 g/mol. The van der Waals surface area contributed by atoms with E-state index in [-0.39, 0.29) is 0 Å². The van der Waals surface area contributed by atoms with Crippen molar-refractivity contribution in [1.29, 1.82) is 0 Å². The number of thiazole rings is 1. The molecule has 1 aliphatic rings. The molecule has 0 saturated carbocycles. The van der Waals surface area contributed by atoms with Crippen LogP contribution in [0.4, 0.5) is 0 Å². The topological polar surface area (TPSA) is 43.4 Å². The lowest BCUT2D eigenvalue weighted by Gasteiger charge is -2.18. The molecule has 4 nitrogen and oxygen atoms in total. The molecule has 1 aromatic heterocycles. The summed E-state index contributed by atoms with van der Waals surface area (Å²) in [6.07, 6.45) is 0.964. The first-order valence-corrected chi connectivity index (χ1v) is 7.24. The van der Waals surface area contributed by atoms with Crippen LogP contribution in [0, 0.1) is 0 Å². The Bertz CT molecular complexity index is 568. The average Bonchev–Trinajstić information content (AvgIpc) is 2.93. The van der Waals surface area contributed by atoms with Crippen molar-refractivity contribution in [3.8, 4) is 22.8 Å². The van der Waals surface area contributed by atoms with Crippen LogP contribution in [0.2, 0.25) is 0 Å². The summed E-state index contributed by atoms with van der Waals surface area (Å²) in [5, 5.41) is 6.38. The van der Waals surface area contributed by atoms with Crippen molar-refractivity contribution in [3.63, 3.8) is 0 Å². The molecule has 0 aliphatic carbocycles. The van der Waals surface area contributed by atoms with Crippen molar-refractivity contribution >= 4 is 11.3 Å². The number of nitrogens with zero attached hydrogens (tertiary/aromatic N) is 1. The number of hydrogen-bond acceptors (Lipinski definition) is 5. The fraction of sp³-hybridized carbons (Fsp3) is 0.357. The molecule has 2 heterocycles. The summed E-state index contributed by atoms with van der Waals surface area (Å²) in [5.74, 6) is 1.63. The number of fused-ring (bicyclic) bond motifs is 1. The lowest BCUT2D eigenvalue weighted by molar-refractivity contribution is 0.171. The summed E-state index contributed by atoms with van der Waals surface area (Å²) in [5.41, 5.74) is 2.09. The van der Waals surface area contributed by atoms with Gasteiger partial charge in [0.15, 0.2) is 11.5 Å². The van der Waals surface area contributed by atoms with E-state index < -0.39 is 0 Å². The van der Waals surface area contributed by atoms with Gasteiger partial charge in [0.1, 0.15) is 13.2 Å². The van der Waals surface area contributed by atoms with Gasteiger partial charge in [0, 0.05) is 23.9 Å². The highest BCUT2D eigenvalue weighted by atomic mass is 32.1. The van der Waals surface area contributed by atoms with E-state index in [1.54, 1.807) is 11.3 Å². The van der Waals surface area contributed by atoms with Crippen molar-refractivity contribution in [2.75, 3.05) is 26.8 Å². The summed E-state index contributed by atoms with van der Waals surface area (Å²) in [7, 11) is 1.95. The zero-order valence-corrected chi connectivity index (χ0v) is 11.6. The minimum atomic E-state index is 0.612. The first-order chi connectivity index (χ1) is 9.36. The van der Waals surface area contributed by atoms with Crippen molar-refractivity contribution in [2.24, 2.45) is 0 Å². The van der Waals surface area contributed by atoms with E-state index in [9.17, 15) is 0 Å². The molecule has 0 unspecified atom stereocenters. The third kappa shape index (κ3) is 2.72. The van der Waals surface area contributed by atoms with Crippen LogP contribution in [0.15, 0.2) is 23.6 Å². The zero-order chi connectivity index (χ0) is 13.1. The number of nitrogens with one attached hydrogen (secondary N) is 1. The molecule has 1 aromatic carbocycles.